The van der Waals surface area contributed by atoms with Crippen LogP contribution in [-0.4, -0.2) is 0 Å². The van der Waals surface area contributed by atoms with Gasteiger partial charge in [0.1, 0.15) is 0 Å². The zero-order valence-corrected chi connectivity index (χ0v) is 10.3. The average molecular weight is 184 g/mol. The van der Waals surface area contributed by atoms with Crippen LogP contribution in [0.2, 0.25) is 0 Å². The van der Waals surface area contributed by atoms with Gasteiger partial charge in [-0.15, -0.1) is 0 Å². The summed E-state index contributed by atoms with van der Waals surface area (Å²) < 4.78 is 0. The van der Waals surface area contributed by atoms with Crippen molar-refractivity contribution in [2.24, 2.45) is 17.8 Å². The molecule has 0 nitrogen and oxygen atoms in total. The highest BCUT2D eigenvalue weighted by atomic mass is 14.2. The molecule has 0 aromatic carbocycles. The normalized spacial score (nSPS) is 18.2. The molecule has 0 saturated carbocycles. The minimum absolute atomic E-state index is 0.918. The van der Waals surface area contributed by atoms with Crippen molar-refractivity contribution in [2.45, 2.75) is 66.7 Å². The molecule has 0 aromatic rings. The molecule has 3 unspecified atom stereocenters. The van der Waals surface area contributed by atoms with Crippen LogP contribution in [0.4, 0.5) is 0 Å². The quantitative estimate of drug-likeness (QED) is 0.528. The summed E-state index contributed by atoms with van der Waals surface area (Å²) in [5.41, 5.74) is 0. The largest absolute Gasteiger partial charge is 0.0654 e. The fourth-order valence-electron chi connectivity index (χ4n) is 2.22. The first-order chi connectivity index (χ1) is 6.11. The molecule has 0 rings (SSSR count). The molecule has 0 radical (unpaired) electrons. The highest BCUT2D eigenvalue weighted by molar-refractivity contribution is 4.65. The predicted molar refractivity (Wildman–Crippen MR) is 61.9 cm³/mol. The van der Waals surface area contributed by atoms with Crippen molar-refractivity contribution in [3.8, 4) is 0 Å². The van der Waals surface area contributed by atoms with Crippen molar-refractivity contribution >= 4 is 0 Å². The van der Waals surface area contributed by atoms with Crippen LogP contribution in [0.1, 0.15) is 66.7 Å². The van der Waals surface area contributed by atoms with E-state index in [1.165, 1.54) is 32.1 Å². The van der Waals surface area contributed by atoms with Crippen molar-refractivity contribution in [3.63, 3.8) is 0 Å². The van der Waals surface area contributed by atoms with Crippen LogP contribution in [0.25, 0.3) is 0 Å². The van der Waals surface area contributed by atoms with Crippen LogP contribution in [0, 0.1) is 17.8 Å². The highest BCUT2D eigenvalue weighted by Gasteiger charge is 2.14. The van der Waals surface area contributed by atoms with E-state index in [0.717, 1.165) is 17.8 Å². The monoisotopic (exact) mass is 184 g/mol. The zero-order chi connectivity index (χ0) is 10.3. The summed E-state index contributed by atoms with van der Waals surface area (Å²) >= 11 is 0. The molecule has 0 aliphatic rings. The maximum Gasteiger partial charge on any atom is -0.0414 e. The maximum atomic E-state index is 2.42. The maximum absolute atomic E-state index is 2.42. The molecule has 0 heterocycles. The van der Waals surface area contributed by atoms with E-state index in [0.29, 0.717) is 0 Å². The van der Waals surface area contributed by atoms with Gasteiger partial charge >= 0.3 is 0 Å². The molecular formula is C13H28. The first-order valence-corrected chi connectivity index (χ1v) is 6.11. The van der Waals surface area contributed by atoms with Crippen molar-refractivity contribution in [3.05, 3.63) is 0 Å². The van der Waals surface area contributed by atoms with E-state index in [4.69, 9.17) is 0 Å². The van der Waals surface area contributed by atoms with E-state index in [-0.39, 0.29) is 0 Å². The van der Waals surface area contributed by atoms with Crippen LogP contribution in [-0.2, 0) is 0 Å². The molecule has 0 amide bonds. The van der Waals surface area contributed by atoms with Gasteiger partial charge in [-0.3, -0.25) is 0 Å². The number of rotatable bonds is 7. The zero-order valence-electron chi connectivity index (χ0n) is 10.3. The lowest BCUT2D eigenvalue weighted by molar-refractivity contribution is 0.289. The summed E-state index contributed by atoms with van der Waals surface area (Å²) in [6.45, 7) is 11.8. The van der Waals surface area contributed by atoms with Gasteiger partial charge in [0.25, 0.3) is 0 Å². The standard InChI is InChI=1S/C13H28/c1-6-8-11(3)10-13(5)12(4)9-7-2/h11-13H,6-10H2,1-5H3. The molecule has 0 fully saturated rings. The molecule has 0 saturated heterocycles. The van der Waals surface area contributed by atoms with Gasteiger partial charge in [0.2, 0.25) is 0 Å². The molecule has 0 bridgehead atoms. The molecule has 0 heteroatoms. The van der Waals surface area contributed by atoms with Crippen LogP contribution in [0.3, 0.4) is 0 Å². The summed E-state index contributed by atoms with van der Waals surface area (Å²) in [4.78, 5) is 0. The van der Waals surface area contributed by atoms with Crippen LogP contribution < -0.4 is 0 Å². The van der Waals surface area contributed by atoms with Crippen molar-refractivity contribution in [1.82, 2.24) is 0 Å². The Balaban J connectivity index is 3.64. The summed E-state index contributed by atoms with van der Waals surface area (Å²) in [5.74, 6) is 2.77. The highest BCUT2D eigenvalue weighted by Crippen LogP contribution is 2.25. The van der Waals surface area contributed by atoms with E-state index >= 15 is 0 Å². The van der Waals surface area contributed by atoms with E-state index in [9.17, 15) is 0 Å². The lowest BCUT2D eigenvalue weighted by Crippen LogP contribution is -2.11. The third kappa shape index (κ3) is 6.12. The Labute approximate surface area is 85.1 Å². The van der Waals surface area contributed by atoms with Crippen LogP contribution in [0.15, 0.2) is 0 Å². The topological polar surface area (TPSA) is 0 Å². The van der Waals surface area contributed by atoms with E-state index in [1.807, 2.05) is 0 Å². The van der Waals surface area contributed by atoms with E-state index < -0.39 is 0 Å². The fourth-order valence-corrected chi connectivity index (χ4v) is 2.22. The summed E-state index contributed by atoms with van der Waals surface area (Å²) in [6.07, 6.45) is 6.92. The minimum atomic E-state index is 0.918. The molecule has 13 heavy (non-hydrogen) atoms. The Bertz CT molecular complexity index is 107. The van der Waals surface area contributed by atoms with Gasteiger partial charge in [-0.25, -0.2) is 0 Å². The SMILES string of the molecule is CCCC(C)CC(C)C(C)CCC. The Hall–Kier alpha value is 0. The minimum Gasteiger partial charge on any atom is -0.0654 e. The second-order valence-electron chi connectivity index (χ2n) is 4.87. The van der Waals surface area contributed by atoms with Gasteiger partial charge in [-0.1, -0.05) is 60.3 Å². The fraction of sp³-hybridized carbons (Fsp3) is 1.00. The molecule has 3 atom stereocenters. The first kappa shape index (κ1) is 13.0. The lowest BCUT2D eigenvalue weighted by atomic mass is 9.84. The van der Waals surface area contributed by atoms with Gasteiger partial charge in [-0.2, -0.15) is 0 Å². The lowest BCUT2D eigenvalue weighted by Gasteiger charge is -2.22. The Morgan fingerprint density at radius 1 is 0.769 bits per heavy atom. The van der Waals surface area contributed by atoms with Crippen molar-refractivity contribution in [1.29, 1.82) is 0 Å². The van der Waals surface area contributed by atoms with Gasteiger partial charge in [-0.05, 0) is 24.2 Å². The number of hydrogen-bond donors (Lipinski definition) is 0. The molecule has 0 aliphatic carbocycles. The first-order valence-electron chi connectivity index (χ1n) is 6.11. The summed E-state index contributed by atoms with van der Waals surface area (Å²) in [5, 5.41) is 0. The summed E-state index contributed by atoms with van der Waals surface area (Å²) in [6, 6.07) is 0. The predicted octanol–water partition coefficient (Wildman–Crippen LogP) is 4.89. The van der Waals surface area contributed by atoms with Gasteiger partial charge < -0.3 is 0 Å². The smallest absolute Gasteiger partial charge is 0.0414 e. The number of hydrogen-bond acceptors (Lipinski definition) is 0. The van der Waals surface area contributed by atoms with Crippen molar-refractivity contribution in [2.75, 3.05) is 0 Å². The summed E-state index contributed by atoms with van der Waals surface area (Å²) in [7, 11) is 0. The van der Waals surface area contributed by atoms with E-state index in [1.54, 1.807) is 0 Å². The second-order valence-corrected chi connectivity index (χ2v) is 4.87. The third-order valence-corrected chi connectivity index (χ3v) is 3.27. The molecule has 0 aliphatic heterocycles. The van der Waals surface area contributed by atoms with Crippen molar-refractivity contribution < 1.29 is 0 Å². The third-order valence-electron chi connectivity index (χ3n) is 3.27. The van der Waals surface area contributed by atoms with Gasteiger partial charge in [0.05, 0.1) is 0 Å². The Morgan fingerprint density at radius 2 is 1.31 bits per heavy atom. The Morgan fingerprint density at radius 3 is 1.77 bits per heavy atom. The molecule has 0 spiro atoms. The van der Waals surface area contributed by atoms with E-state index in [2.05, 4.69) is 34.6 Å². The molecule has 0 aromatic heterocycles. The molecule has 80 valence electrons. The van der Waals surface area contributed by atoms with Crippen LogP contribution in [0.5, 0.6) is 0 Å². The van der Waals surface area contributed by atoms with Crippen LogP contribution >= 0.6 is 0 Å². The molecular weight excluding hydrogens is 156 g/mol. The second kappa shape index (κ2) is 7.41. The molecule has 0 N–H and O–H groups in total. The Kier molecular flexibility index (Phi) is 7.41. The average Bonchev–Trinajstić information content (AvgIpc) is 2.05. The van der Waals surface area contributed by atoms with Gasteiger partial charge in [0, 0.05) is 0 Å². The van der Waals surface area contributed by atoms with Gasteiger partial charge in [0.15, 0.2) is 0 Å².